The van der Waals surface area contributed by atoms with Crippen molar-refractivity contribution in [3.8, 4) is 0 Å². The first-order valence-corrected chi connectivity index (χ1v) is 4.17. The van der Waals surface area contributed by atoms with Crippen LogP contribution in [0.25, 0.3) is 0 Å². The lowest BCUT2D eigenvalue weighted by molar-refractivity contribution is -1.07. The zero-order valence-electron chi connectivity index (χ0n) is 8.39. The van der Waals surface area contributed by atoms with Gasteiger partial charge in [-0.15, -0.1) is 0 Å². The average molecular weight is 194 g/mol. The second kappa shape index (κ2) is 7.75. The first kappa shape index (κ1) is 14.6. The summed E-state index contributed by atoms with van der Waals surface area (Å²) in [5.41, 5.74) is 0. The Morgan fingerprint density at radius 1 is 1.31 bits per heavy atom. The Morgan fingerprint density at radius 2 is 1.69 bits per heavy atom. The van der Waals surface area contributed by atoms with Crippen molar-refractivity contribution in [3.63, 3.8) is 0 Å². The van der Waals surface area contributed by atoms with Crippen molar-refractivity contribution in [2.75, 3.05) is 20.6 Å². The van der Waals surface area contributed by atoms with Crippen molar-refractivity contribution < 1.29 is 14.9 Å². The summed E-state index contributed by atoms with van der Waals surface area (Å²) in [6.07, 6.45) is 3.57. The lowest BCUT2D eigenvalue weighted by Crippen LogP contribution is -2.36. The van der Waals surface area contributed by atoms with E-state index >= 15 is 0 Å². The van der Waals surface area contributed by atoms with Crippen LogP contribution in [0.2, 0.25) is 0 Å². The molecule has 0 unspecified atom stereocenters. The molecule has 0 aromatic rings. The summed E-state index contributed by atoms with van der Waals surface area (Å²) in [6.45, 7) is 3.03. The number of hydrogen-bond donors (Lipinski definition) is 1. The molecule has 80 valence electrons. The number of quaternary nitrogens is 1. The molecule has 0 rings (SSSR count). The predicted octanol–water partition coefficient (Wildman–Crippen LogP) is 1.40. The quantitative estimate of drug-likeness (QED) is 0.317. The van der Waals surface area contributed by atoms with Gasteiger partial charge in [-0.1, -0.05) is 13.3 Å². The van der Waals surface area contributed by atoms with E-state index in [1.54, 1.807) is 14.1 Å². The molecule has 0 atom stereocenters. The molecule has 0 saturated carbocycles. The van der Waals surface area contributed by atoms with Crippen LogP contribution < -0.4 is 0 Å². The SMILES string of the molecule is CCCCC[N+](C)(C)O.O=[N+]([O-])[O-]. The summed E-state index contributed by atoms with van der Waals surface area (Å²) < 4.78 is 0.111. The molecule has 0 aromatic carbocycles. The predicted molar refractivity (Wildman–Crippen MR) is 48.6 cm³/mol. The third-order valence-electron chi connectivity index (χ3n) is 1.31. The van der Waals surface area contributed by atoms with Crippen LogP contribution in [-0.2, 0) is 0 Å². The second-order valence-corrected chi connectivity index (χ2v) is 3.28. The van der Waals surface area contributed by atoms with Gasteiger partial charge < -0.3 is 15.3 Å². The Balaban J connectivity index is 0. The Kier molecular flexibility index (Phi) is 8.73. The Hall–Kier alpha value is -0.880. The molecule has 0 aliphatic carbocycles. The van der Waals surface area contributed by atoms with E-state index in [0.717, 1.165) is 13.0 Å². The zero-order valence-corrected chi connectivity index (χ0v) is 8.39. The van der Waals surface area contributed by atoms with E-state index < -0.39 is 5.09 Å². The highest BCUT2D eigenvalue weighted by atomic mass is 16.9. The number of hydrogen-bond acceptors (Lipinski definition) is 4. The fraction of sp³-hybridized carbons (Fsp3) is 1.00. The van der Waals surface area contributed by atoms with Gasteiger partial charge in [0.15, 0.2) is 0 Å². The maximum Gasteiger partial charge on any atom is 0.108 e. The van der Waals surface area contributed by atoms with Gasteiger partial charge in [0, 0.05) is 0 Å². The standard InChI is InChI=1S/C7H18NO.NO3/c1-4-5-6-7-8(2,3)9;2-1(3)4/h9H,4-7H2,1-3H3;/q+1;-1. The molecule has 0 radical (unpaired) electrons. The molecule has 0 amide bonds. The van der Waals surface area contributed by atoms with Crippen LogP contribution in [0.15, 0.2) is 0 Å². The van der Waals surface area contributed by atoms with Crippen LogP contribution in [0.5, 0.6) is 0 Å². The second-order valence-electron chi connectivity index (χ2n) is 3.28. The number of hydroxylamine groups is 3. The number of unbranched alkanes of at least 4 members (excludes halogenated alkanes) is 2. The number of nitrogens with zero attached hydrogens (tertiary/aromatic N) is 2. The molecular weight excluding hydrogens is 176 g/mol. The van der Waals surface area contributed by atoms with Crippen LogP contribution in [-0.4, -0.2) is 35.6 Å². The summed E-state index contributed by atoms with van der Waals surface area (Å²) in [4.78, 5) is 8.25. The molecule has 0 fully saturated rings. The molecule has 0 heterocycles. The third kappa shape index (κ3) is 35.3. The lowest BCUT2D eigenvalue weighted by Gasteiger charge is -2.18. The van der Waals surface area contributed by atoms with Gasteiger partial charge >= 0.3 is 0 Å². The van der Waals surface area contributed by atoms with Crippen molar-refractivity contribution in [2.45, 2.75) is 26.2 Å². The first-order valence-electron chi connectivity index (χ1n) is 4.17. The van der Waals surface area contributed by atoms with Crippen LogP contribution in [0.1, 0.15) is 26.2 Å². The highest BCUT2D eigenvalue weighted by Gasteiger charge is 2.07. The Morgan fingerprint density at radius 3 is 1.92 bits per heavy atom. The minimum atomic E-state index is -1.75. The van der Waals surface area contributed by atoms with Gasteiger partial charge in [-0.3, -0.25) is 0 Å². The molecular formula is C7H18N2O4. The summed E-state index contributed by atoms with van der Waals surface area (Å²) >= 11 is 0. The van der Waals surface area contributed by atoms with Gasteiger partial charge in [-0.25, -0.2) is 5.21 Å². The van der Waals surface area contributed by atoms with E-state index in [1.165, 1.54) is 12.8 Å². The Bertz CT molecular complexity index is 129. The van der Waals surface area contributed by atoms with E-state index in [4.69, 9.17) is 15.3 Å². The lowest BCUT2D eigenvalue weighted by atomic mass is 10.2. The summed E-state index contributed by atoms with van der Waals surface area (Å²) in [7, 11) is 3.60. The topological polar surface area (TPSA) is 86.4 Å². The molecule has 0 bridgehead atoms. The summed E-state index contributed by atoms with van der Waals surface area (Å²) in [5, 5.41) is 23.9. The molecule has 0 aliphatic rings. The van der Waals surface area contributed by atoms with Crippen molar-refractivity contribution >= 4 is 0 Å². The Labute approximate surface area is 78.1 Å². The first-order chi connectivity index (χ1) is 5.79. The van der Waals surface area contributed by atoms with E-state index in [0.29, 0.717) is 0 Å². The van der Waals surface area contributed by atoms with Gasteiger partial charge in [0.05, 0.1) is 19.2 Å². The number of rotatable bonds is 4. The van der Waals surface area contributed by atoms with Crippen LogP contribution in [0.4, 0.5) is 0 Å². The summed E-state index contributed by atoms with van der Waals surface area (Å²) in [5.74, 6) is 0. The van der Waals surface area contributed by atoms with E-state index in [1.807, 2.05) is 0 Å². The molecule has 0 aromatic heterocycles. The molecule has 0 saturated heterocycles. The molecule has 1 N–H and O–H groups in total. The maximum atomic E-state index is 9.18. The molecule has 0 spiro atoms. The molecule has 13 heavy (non-hydrogen) atoms. The smallest absolute Gasteiger partial charge is 0.108 e. The van der Waals surface area contributed by atoms with Crippen molar-refractivity contribution in [2.24, 2.45) is 0 Å². The van der Waals surface area contributed by atoms with Crippen molar-refractivity contribution in [1.29, 1.82) is 0 Å². The molecule has 6 nitrogen and oxygen atoms in total. The minimum Gasteiger partial charge on any atom is -0.356 e. The van der Waals surface area contributed by atoms with E-state index in [9.17, 15) is 5.21 Å². The fourth-order valence-electron chi connectivity index (χ4n) is 0.749. The van der Waals surface area contributed by atoms with Crippen LogP contribution in [0, 0.1) is 15.3 Å². The van der Waals surface area contributed by atoms with E-state index in [-0.39, 0.29) is 4.65 Å². The normalized spacial score (nSPS) is 10.2. The van der Waals surface area contributed by atoms with Gasteiger partial charge in [0.2, 0.25) is 0 Å². The van der Waals surface area contributed by atoms with Crippen molar-refractivity contribution in [3.05, 3.63) is 15.3 Å². The maximum absolute atomic E-state index is 9.18. The largest absolute Gasteiger partial charge is 0.356 e. The average Bonchev–Trinajstić information content (AvgIpc) is 1.83. The van der Waals surface area contributed by atoms with E-state index in [2.05, 4.69) is 6.92 Å². The highest BCUT2D eigenvalue weighted by Crippen LogP contribution is 1.98. The van der Waals surface area contributed by atoms with Gasteiger partial charge in [-0.2, -0.15) is 4.65 Å². The van der Waals surface area contributed by atoms with Crippen LogP contribution >= 0.6 is 0 Å². The molecule has 6 heteroatoms. The zero-order chi connectivity index (χ0) is 10.9. The van der Waals surface area contributed by atoms with Crippen LogP contribution in [0.3, 0.4) is 0 Å². The van der Waals surface area contributed by atoms with Gasteiger partial charge in [0.25, 0.3) is 0 Å². The fourth-order valence-corrected chi connectivity index (χ4v) is 0.749. The van der Waals surface area contributed by atoms with Gasteiger partial charge in [-0.05, 0) is 12.8 Å². The minimum absolute atomic E-state index is 0.111. The van der Waals surface area contributed by atoms with Crippen molar-refractivity contribution in [1.82, 2.24) is 0 Å². The third-order valence-corrected chi connectivity index (χ3v) is 1.31. The molecule has 0 aliphatic heterocycles. The monoisotopic (exact) mass is 194 g/mol. The summed E-state index contributed by atoms with van der Waals surface area (Å²) in [6, 6.07) is 0. The van der Waals surface area contributed by atoms with Gasteiger partial charge in [0.1, 0.15) is 6.54 Å². The highest BCUT2D eigenvalue weighted by molar-refractivity contribution is 4.33.